The van der Waals surface area contributed by atoms with Crippen LogP contribution in [0.4, 0.5) is 0 Å². The molecule has 3 N–H and O–H groups in total. The molecule has 1 atom stereocenters. The third kappa shape index (κ3) is 2.82. The van der Waals surface area contributed by atoms with Gasteiger partial charge in [-0.1, -0.05) is 36.4 Å². The first-order valence-corrected chi connectivity index (χ1v) is 8.64. The second kappa shape index (κ2) is 6.77. The lowest BCUT2D eigenvalue weighted by atomic mass is 9.90. The van der Waals surface area contributed by atoms with Crippen molar-refractivity contribution in [2.45, 2.75) is 12.5 Å². The summed E-state index contributed by atoms with van der Waals surface area (Å²) in [6.07, 6.45) is 0.831. The molecule has 0 fully saturated rings. The first-order chi connectivity index (χ1) is 13.1. The number of fused-ring (bicyclic) bond motifs is 1. The van der Waals surface area contributed by atoms with E-state index >= 15 is 0 Å². The van der Waals surface area contributed by atoms with Gasteiger partial charge in [-0.05, 0) is 29.7 Å². The first-order valence-electron chi connectivity index (χ1n) is 8.64. The average Bonchev–Trinajstić information content (AvgIpc) is 2.68. The molecule has 1 aliphatic heterocycles. The van der Waals surface area contributed by atoms with Gasteiger partial charge in [-0.2, -0.15) is 0 Å². The van der Waals surface area contributed by atoms with Crippen molar-refractivity contribution in [3.05, 3.63) is 86.1 Å². The molecule has 3 aromatic rings. The van der Waals surface area contributed by atoms with Crippen molar-refractivity contribution >= 4 is 0 Å². The predicted octanol–water partition coefficient (Wildman–Crippen LogP) is 1.48. The average molecular weight is 365 g/mol. The van der Waals surface area contributed by atoms with Crippen molar-refractivity contribution in [1.29, 1.82) is 0 Å². The minimum absolute atomic E-state index is 0.104. The Morgan fingerprint density at radius 2 is 1.85 bits per heavy atom. The van der Waals surface area contributed by atoms with E-state index in [1.54, 1.807) is 24.3 Å². The van der Waals surface area contributed by atoms with Gasteiger partial charge >= 0.3 is 5.69 Å². The smallest absolute Gasteiger partial charge is 0.335 e. The Bertz CT molecular complexity index is 1120. The monoisotopic (exact) mass is 365 g/mol. The fourth-order valence-corrected chi connectivity index (χ4v) is 3.60. The number of aromatic amines is 1. The topological polar surface area (TPSA) is 96.3 Å². The maximum absolute atomic E-state index is 12.6. The standard InChI is InChI=1S/C20H19N3O4/c1-27-15-9-5-4-8-14(15)23-19(25)16(18(24)22-20(23)26)17-13-7-3-2-6-12(13)10-11-21-17/h2-9,17,21,25H,10-11H2,1H3,(H,22,24,26)/t17-/m1/s1. The Kier molecular flexibility index (Phi) is 4.29. The number of hydrogen-bond acceptors (Lipinski definition) is 5. The summed E-state index contributed by atoms with van der Waals surface area (Å²) >= 11 is 0. The number of aromatic nitrogens is 2. The van der Waals surface area contributed by atoms with Crippen LogP contribution in [0.1, 0.15) is 22.7 Å². The molecule has 4 rings (SSSR count). The number of ether oxygens (including phenoxy) is 1. The molecule has 138 valence electrons. The maximum atomic E-state index is 12.6. The van der Waals surface area contributed by atoms with E-state index in [0.29, 0.717) is 18.0 Å². The summed E-state index contributed by atoms with van der Waals surface area (Å²) in [6.45, 7) is 0.661. The Balaban J connectivity index is 1.97. The molecule has 1 aromatic heterocycles. The van der Waals surface area contributed by atoms with Crippen LogP contribution in [0.3, 0.4) is 0 Å². The predicted molar refractivity (Wildman–Crippen MR) is 101 cm³/mol. The van der Waals surface area contributed by atoms with E-state index in [2.05, 4.69) is 10.3 Å². The van der Waals surface area contributed by atoms with Crippen molar-refractivity contribution in [1.82, 2.24) is 14.9 Å². The third-order valence-corrected chi connectivity index (χ3v) is 4.84. The Morgan fingerprint density at radius 3 is 2.67 bits per heavy atom. The highest BCUT2D eigenvalue weighted by molar-refractivity contribution is 5.51. The number of H-pyrrole nitrogens is 1. The van der Waals surface area contributed by atoms with Gasteiger partial charge in [-0.3, -0.25) is 9.78 Å². The van der Waals surface area contributed by atoms with Crippen molar-refractivity contribution in [3.8, 4) is 17.3 Å². The Morgan fingerprint density at radius 1 is 1.11 bits per heavy atom. The van der Waals surface area contributed by atoms with Crippen LogP contribution in [0.5, 0.6) is 11.6 Å². The zero-order valence-corrected chi connectivity index (χ0v) is 14.7. The van der Waals surface area contributed by atoms with Gasteiger partial charge in [0.25, 0.3) is 5.56 Å². The lowest BCUT2D eigenvalue weighted by molar-refractivity contribution is 0.394. The van der Waals surface area contributed by atoms with Gasteiger partial charge < -0.3 is 15.2 Å². The number of benzene rings is 2. The molecule has 0 spiro atoms. The van der Waals surface area contributed by atoms with Gasteiger partial charge in [0.05, 0.1) is 24.4 Å². The van der Waals surface area contributed by atoms with Crippen LogP contribution in [0.2, 0.25) is 0 Å². The SMILES string of the molecule is COc1ccccc1-n1c(O)c([C@@H]2NCCc3ccccc32)c(=O)[nH]c1=O. The van der Waals surface area contributed by atoms with Crippen LogP contribution in [-0.2, 0) is 6.42 Å². The van der Waals surface area contributed by atoms with Crippen molar-refractivity contribution in [2.75, 3.05) is 13.7 Å². The molecule has 0 unspecified atom stereocenters. The van der Waals surface area contributed by atoms with E-state index in [1.807, 2.05) is 24.3 Å². The van der Waals surface area contributed by atoms with Crippen LogP contribution in [-0.4, -0.2) is 28.3 Å². The molecule has 7 heteroatoms. The second-order valence-electron chi connectivity index (χ2n) is 6.34. The molecule has 0 saturated carbocycles. The van der Waals surface area contributed by atoms with Gasteiger partial charge in [0.15, 0.2) is 0 Å². The molecule has 0 saturated heterocycles. The summed E-state index contributed by atoms with van der Waals surface area (Å²) in [5.41, 5.74) is 1.13. The summed E-state index contributed by atoms with van der Waals surface area (Å²) < 4.78 is 6.37. The fraction of sp³-hybridized carbons (Fsp3) is 0.200. The lowest BCUT2D eigenvalue weighted by Gasteiger charge is -2.27. The number of para-hydroxylation sites is 2. The van der Waals surface area contributed by atoms with E-state index in [-0.39, 0.29) is 5.56 Å². The molecule has 1 aliphatic rings. The molecule has 0 aliphatic carbocycles. The van der Waals surface area contributed by atoms with Crippen molar-refractivity contribution in [3.63, 3.8) is 0 Å². The molecule has 0 radical (unpaired) electrons. The van der Waals surface area contributed by atoms with E-state index in [0.717, 1.165) is 22.1 Å². The summed E-state index contributed by atoms with van der Waals surface area (Å²) in [5.74, 6) is 0.00681. The zero-order chi connectivity index (χ0) is 19.0. The summed E-state index contributed by atoms with van der Waals surface area (Å²) in [6, 6.07) is 14.1. The van der Waals surface area contributed by atoms with Crippen LogP contribution in [0.25, 0.3) is 5.69 Å². The molecule has 2 aromatic carbocycles. The number of hydrogen-bond donors (Lipinski definition) is 3. The molecule has 2 heterocycles. The Labute approximate surface area is 154 Å². The van der Waals surface area contributed by atoms with Gasteiger partial charge in [0.1, 0.15) is 5.75 Å². The zero-order valence-electron chi connectivity index (χ0n) is 14.7. The molecular formula is C20H19N3O4. The summed E-state index contributed by atoms with van der Waals surface area (Å²) in [7, 11) is 1.48. The van der Waals surface area contributed by atoms with E-state index in [9.17, 15) is 14.7 Å². The molecule has 27 heavy (non-hydrogen) atoms. The summed E-state index contributed by atoms with van der Waals surface area (Å²) in [5, 5.41) is 14.2. The minimum atomic E-state index is -0.727. The van der Waals surface area contributed by atoms with Crippen LogP contribution in [0.15, 0.2) is 58.1 Å². The van der Waals surface area contributed by atoms with Gasteiger partial charge in [0.2, 0.25) is 5.88 Å². The number of nitrogens with one attached hydrogen (secondary N) is 2. The molecule has 7 nitrogen and oxygen atoms in total. The Hall–Kier alpha value is -3.32. The number of rotatable bonds is 3. The van der Waals surface area contributed by atoms with Crippen molar-refractivity contribution in [2.24, 2.45) is 0 Å². The van der Waals surface area contributed by atoms with E-state index < -0.39 is 23.2 Å². The third-order valence-electron chi connectivity index (χ3n) is 4.84. The molecular weight excluding hydrogens is 346 g/mol. The largest absolute Gasteiger partial charge is 0.495 e. The van der Waals surface area contributed by atoms with Gasteiger partial charge in [-0.25, -0.2) is 9.36 Å². The number of nitrogens with zero attached hydrogens (tertiary/aromatic N) is 1. The summed E-state index contributed by atoms with van der Waals surface area (Å²) in [4.78, 5) is 27.4. The van der Waals surface area contributed by atoms with Crippen LogP contribution in [0, 0.1) is 0 Å². The fourth-order valence-electron chi connectivity index (χ4n) is 3.60. The maximum Gasteiger partial charge on any atom is 0.335 e. The van der Waals surface area contributed by atoms with Gasteiger partial charge in [-0.15, -0.1) is 0 Å². The lowest BCUT2D eigenvalue weighted by Crippen LogP contribution is -2.38. The van der Waals surface area contributed by atoms with Crippen LogP contribution < -0.4 is 21.3 Å². The first kappa shape index (κ1) is 17.1. The molecule has 0 bridgehead atoms. The number of methoxy groups -OCH3 is 1. The van der Waals surface area contributed by atoms with Crippen molar-refractivity contribution < 1.29 is 9.84 Å². The highest BCUT2D eigenvalue weighted by atomic mass is 16.5. The highest BCUT2D eigenvalue weighted by Crippen LogP contribution is 2.32. The van der Waals surface area contributed by atoms with Crippen LogP contribution >= 0.6 is 0 Å². The highest BCUT2D eigenvalue weighted by Gasteiger charge is 2.29. The molecule has 0 amide bonds. The second-order valence-corrected chi connectivity index (χ2v) is 6.34. The normalized spacial score (nSPS) is 16.0. The minimum Gasteiger partial charge on any atom is -0.495 e. The van der Waals surface area contributed by atoms with E-state index in [4.69, 9.17) is 4.74 Å². The van der Waals surface area contributed by atoms with E-state index in [1.165, 1.54) is 7.11 Å². The van der Waals surface area contributed by atoms with Gasteiger partial charge in [0, 0.05) is 6.54 Å². The quantitative estimate of drug-likeness (QED) is 0.653. The number of aromatic hydroxyl groups is 1.